The van der Waals surface area contributed by atoms with Gasteiger partial charge in [-0.2, -0.15) is 0 Å². The summed E-state index contributed by atoms with van der Waals surface area (Å²) in [5, 5.41) is 0.630. The highest BCUT2D eigenvalue weighted by molar-refractivity contribution is 8.04. The van der Waals surface area contributed by atoms with Crippen LogP contribution in [0.3, 0.4) is 0 Å². The van der Waals surface area contributed by atoms with E-state index in [-0.39, 0.29) is 17.9 Å². The van der Waals surface area contributed by atoms with E-state index in [4.69, 9.17) is 16.3 Å². The number of amides is 2. The molecule has 2 aliphatic heterocycles. The molecule has 2 heterocycles. The highest BCUT2D eigenvalue weighted by Gasteiger charge is 2.40. The molecule has 6 heteroatoms. The van der Waals surface area contributed by atoms with Crippen LogP contribution < -0.4 is 0 Å². The molecule has 1 unspecified atom stereocenters. The van der Waals surface area contributed by atoms with E-state index in [1.807, 2.05) is 43.3 Å². The molecule has 4 rings (SSSR count). The van der Waals surface area contributed by atoms with Gasteiger partial charge in [-0.3, -0.25) is 14.5 Å². The number of thioether (sulfide) groups is 1. The standard InChI is InChI=1S/C22H20ClNO3S/c1-14-4-6-15(7-5-14)19-20(28-18-10-8-16(23)9-11-18)22(26)24(21(19)25)13-17-3-2-12-27-17/h4-11,17H,2-3,12-13H2,1H3. The van der Waals surface area contributed by atoms with Crippen molar-refractivity contribution in [1.29, 1.82) is 0 Å². The van der Waals surface area contributed by atoms with Gasteiger partial charge < -0.3 is 4.74 Å². The van der Waals surface area contributed by atoms with Gasteiger partial charge in [0.15, 0.2) is 0 Å². The van der Waals surface area contributed by atoms with E-state index in [1.54, 1.807) is 12.1 Å². The minimum Gasteiger partial charge on any atom is -0.376 e. The fourth-order valence-corrected chi connectivity index (χ4v) is 4.54. The molecule has 2 amide bonds. The molecular formula is C22H20ClNO3S. The third-order valence-electron chi connectivity index (χ3n) is 4.91. The van der Waals surface area contributed by atoms with Crippen molar-refractivity contribution in [2.24, 2.45) is 0 Å². The molecule has 2 aromatic rings. The maximum Gasteiger partial charge on any atom is 0.268 e. The quantitative estimate of drug-likeness (QED) is 0.666. The molecule has 2 aliphatic rings. The predicted octanol–water partition coefficient (Wildman–Crippen LogP) is 4.70. The summed E-state index contributed by atoms with van der Waals surface area (Å²) in [4.78, 5) is 29.0. The summed E-state index contributed by atoms with van der Waals surface area (Å²) in [6.45, 7) is 2.98. The Labute approximate surface area is 173 Å². The fourth-order valence-electron chi connectivity index (χ4n) is 3.40. The molecule has 4 nitrogen and oxygen atoms in total. The minimum absolute atomic E-state index is 0.0768. The summed E-state index contributed by atoms with van der Waals surface area (Å²) in [5.74, 6) is -0.503. The second-order valence-electron chi connectivity index (χ2n) is 6.98. The Balaban J connectivity index is 1.70. The molecule has 0 bridgehead atoms. The number of rotatable bonds is 5. The third-order valence-corrected chi connectivity index (χ3v) is 6.25. The van der Waals surface area contributed by atoms with Crippen molar-refractivity contribution in [2.75, 3.05) is 13.2 Å². The van der Waals surface area contributed by atoms with Gasteiger partial charge in [0, 0.05) is 16.5 Å². The van der Waals surface area contributed by atoms with E-state index in [0.29, 0.717) is 28.7 Å². The zero-order valence-electron chi connectivity index (χ0n) is 15.5. The smallest absolute Gasteiger partial charge is 0.268 e. The zero-order valence-corrected chi connectivity index (χ0v) is 17.1. The molecular weight excluding hydrogens is 394 g/mol. The molecule has 0 radical (unpaired) electrons. The van der Waals surface area contributed by atoms with E-state index in [0.717, 1.165) is 28.9 Å². The average Bonchev–Trinajstić information content (AvgIpc) is 3.28. The summed E-state index contributed by atoms with van der Waals surface area (Å²) >= 11 is 7.28. The van der Waals surface area contributed by atoms with Crippen LogP contribution >= 0.6 is 23.4 Å². The Kier molecular flexibility index (Phi) is 5.58. The summed E-state index contributed by atoms with van der Waals surface area (Å²) in [7, 11) is 0. The number of benzene rings is 2. The van der Waals surface area contributed by atoms with Gasteiger partial charge in [0.05, 0.1) is 23.1 Å². The van der Waals surface area contributed by atoms with Crippen molar-refractivity contribution in [3.8, 4) is 0 Å². The van der Waals surface area contributed by atoms with E-state index in [1.165, 1.54) is 16.7 Å². The van der Waals surface area contributed by atoms with Crippen molar-refractivity contribution in [1.82, 2.24) is 4.90 Å². The number of carbonyl (C=O) groups is 2. The van der Waals surface area contributed by atoms with Gasteiger partial charge >= 0.3 is 0 Å². The Hall–Kier alpha value is -2.08. The molecule has 0 saturated carbocycles. The lowest BCUT2D eigenvalue weighted by Gasteiger charge is -2.19. The first-order valence-corrected chi connectivity index (χ1v) is 10.4. The topological polar surface area (TPSA) is 46.6 Å². The van der Waals surface area contributed by atoms with Gasteiger partial charge in [0.25, 0.3) is 11.8 Å². The number of carbonyl (C=O) groups excluding carboxylic acids is 2. The van der Waals surface area contributed by atoms with Crippen molar-refractivity contribution >= 4 is 40.8 Å². The van der Waals surface area contributed by atoms with Gasteiger partial charge in [0.2, 0.25) is 0 Å². The first-order chi connectivity index (χ1) is 13.5. The van der Waals surface area contributed by atoms with E-state index in [2.05, 4.69) is 0 Å². The maximum absolute atomic E-state index is 13.2. The summed E-state index contributed by atoms with van der Waals surface area (Å²) < 4.78 is 5.65. The van der Waals surface area contributed by atoms with Gasteiger partial charge in [-0.05, 0) is 49.6 Å². The number of nitrogens with zero attached hydrogens (tertiary/aromatic N) is 1. The van der Waals surface area contributed by atoms with Crippen LogP contribution in [0.4, 0.5) is 0 Å². The van der Waals surface area contributed by atoms with E-state index >= 15 is 0 Å². The van der Waals surface area contributed by atoms with Gasteiger partial charge in [0.1, 0.15) is 0 Å². The second kappa shape index (κ2) is 8.11. The fraction of sp³-hybridized carbons (Fsp3) is 0.273. The summed E-state index contributed by atoms with van der Waals surface area (Å²) in [6.07, 6.45) is 1.76. The van der Waals surface area contributed by atoms with Crippen LogP contribution in [0.2, 0.25) is 5.02 Å². The normalized spacial score (nSPS) is 19.8. The summed E-state index contributed by atoms with van der Waals surface area (Å²) in [5.41, 5.74) is 2.32. The lowest BCUT2D eigenvalue weighted by molar-refractivity contribution is -0.138. The van der Waals surface area contributed by atoms with E-state index < -0.39 is 0 Å². The van der Waals surface area contributed by atoms with E-state index in [9.17, 15) is 9.59 Å². The molecule has 144 valence electrons. The molecule has 1 saturated heterocycles. The first kappa shape index (κ1) is 19.2. The Bertz CT molecular complexity index is 931. The van der Waals surface area contributed by atoms with Crippen LogP contribution in [-0.2, 0) is 14.3 Å². The average molecular weight is 414 g/mol. The number of imide groups is 1. The number of hydrogen-bond donors (Lipinski definition) is 0. The molecule has 1 atom stereocenters. The zero-order chi connectivity index (χ0) is 19.7. The minimum atomic E-state index is -0.254. The van der Waals surface area contributed by atoms with Crippen molar-refractivity contribution in [2.45, 2.75) is 30.8 Å². The monoisotopic (exact) mass is 413 g/mol. The lowest BCUT2D eigenvalue weighted by atomic mass is 10.0. The molecule has 1 fully saturated rings. The first-order valence-electron chi connectivity index (χ1n) is 9.25. The number of ether oxygens (including phenoxy) is 1. The molecule has 0 spiro atoms. The molecule has 2 aromatic carbocycles. The van der Waals surface area contributed by atoms with Crippen LogP contribution in [0.1, 0.15) is 24.0 Å². The summed E-state index contributed by atoms with van der Waals surface area (Å²) in [6, 6.07) is 15.0. The number of hydrogen-bond acceptors (Lipinski definition) is 4. The molecule has 0 aromatic heterocycles. The maximum atomic E-state index is 13.2. The van der Waals surface area contributed by atoms with Crippen molar-refractivity contribution < 1.29 is 14.3 Å². The molecule has 0 aliphatic carbocycles. The Morgan fingerprint density at radius 3 is 2.43 bits per heavy atom. The molecule has 0 N–H and O–H groups in total. The van der Waals surface area contributed by atoms with Crippen molar-refractivity contribution in [3.63, 3.8) is 0 Å². The predicted molar refractivity (Wildman–Crippen MR) is 111 cm³/mol. The highest BCUT2D eigenvalue weighted by Crippen LogP contribution is 2.40. The van der Waals surface area contributed by atoms with Crippen LogP contribution in [0.25, 0.3) is 5.57 Å². The molecule has 28 heavy (non-hydrogen) atoms. The van der Waals surface area contributed by atoms with Crippen LogP contribution in [0.15, 0.2) is 58.3 Å². The van der Waals surface area contributed by atoms with Crippen molar-refractivity contribution in [3.05, 3.63) is 69.6 Å². The van der Waals surface area contributed by atoms with Crippen LogP contribution in [0, 0.1) is 6.92 Å². The number of halogens is 1. The lowest BCUT2D eigenvalue weighted by Crippen LogP contribution is -2.37. The SMILES string of the molecule is Cc1ccc(C2=C(Sc3ccc(Cl)cc3)C(=O)N(CC3CCCO3)C2=O)cc1. The largest absolute Gasteiger partial charge is 0.376 e. The Morgan fingerprint density at radius 2 is 1.79 bits per heavy atom. The van der Waals surface area contributed by atoms with Crippen LogP contribution in [-0.4, -0.2) is 36.0 Å². The van der Waals surface area contributed by atoms with Gasteiger partial charge in [-0.15, -0.1) is 0 Å². The second-order valence-corrected chi connectivity index (χ2v) is 8.50. The van der Waals surface area contributed by atoms with Gasteiger partial charge in [-0.25, -0.2) is 0 Å². The number of aryl methyl sites for hydroxylation is 1. The third kappa shape index (κ3) is 3.88. The Morgan fingerprint density at radius 1 is 1.07 bits per heavy atom. The highest BCUT2D eigenvalue weighted by atomic mass is 35.5. The van der Waals surface area contributed by atoms with Gasteiger partial charge in [-0.1, -0.05) is 53.2 Å². The van der Waals surface area contributed by atoms with Crippen LogP contribution in [0.5, 0.6) is 0 Å².